The highest BCUT2D eigenvalue weighted by Crippen LogP contribution is 2.25. The summed E-state index contributed by atoms with van der Waals surface area (Å²) in [5.41, 5.74) is 0.634. The van der Waals surface area contributed by atoms with Gasteiger partial charge in [0, 0.05) is 26.9 Å². The minimum absolute atomic E-state index is 0.0385. The zero-order valence-electron chi connectivity index (χ0n) is 37.5. The summed E-state index contributed by atoms with van der Waals surface area (Å²) in [6, 6.07) is 0.873. The lowest BCUT2D eigenvalue weighted by atomic mass is 9.91. The average molecular weight is 858 g/mol. The van der Waals surface area contributed by atoms with Crippen LogP contribution in [0.4, 0.5) is 0 Å². The molecule has 2 aliphatic rings. The Morgan fingerprint density at radius 3 is 2.15 bits per heavy atom. The van der Waals surface area contributed by atoms with Crippen LogP contribution < -0.4 is 20.7 Å². The smallest absolute Gasteiger partial charge is 0.329 e. The summed E-state index contributed by atoms with van der Waals surface area (Å²) >= 11 is 0. The van der Waals surface area contributed by atoms with E-state index in [9.17, 15) is 43.5 Å². The second-order valence-corrected chi connectivity index (χ2v) is 17.2. The molecule has 0 saturated carbocycles. The number of Topliss-reactive ketones (excluding diaryl/α,β-unsaturated/α-hetero) is 1. The number of fused-ring (bicyclic) bond motifs is 1. The van der Waals surface area contributed by atoms with E-state index in [0.717, 1.165) is 0 Å². The van der Waals surface area contributed by atoms with Crippen molar-refractivity contribution >= 4 is 47.3 Å². The number of methoxy groups -OCH3 is 1. The van der Waals surface area contributed by atoms with Crippen molar-refractivity contribution in [2.24, 2.45) is 23.7 Å². The lowest BCUT2D eigenvalue weighted by Crippen LogP contribution is -2.59. The van der Waals surface area contributed by atoms with Crippen molar-refractivity contribution in [1.82, 2.24) is 25.8 Å². The average Bonchev–Trinajstić information content (AvgIpc) is 3.70. The highest BCUT2D eigenvalue weighted by atomic mass is 16.6. The van der Waals surface area contributed by atoms with Crippen molar-refractivity contribution in [1.29, 1.82) is 0 Å². The fourth-order valence-corrected chi connectivity index (χ4v) is 7.69. The first-order valence-corrected chi connectivity index (χ1v) is 21.3. The van der Waals surface area contributed by atoms with Gasteiger partial charge in [-0.2, -0.15) is 0 Å². The van der Waals surface area contributed by atoms with Crippen molar-refractivity contribution < 1.29 is 57.7 Å². The maximum atomic E-state index is 14.5. The molecule has 2 fully saturated rings. The van der Waals surface area contributed by atoms with Crippen molar-refractivity contribution in [3.05, 3.63) is 29.8 Å². The topological polar surface area (TPSA) is 227 Å². The molecular weight excluding hydrogens is 791 g/mol. The van der Waals surface area contributed by atoms with Crippen LogP contribution in [0.1, 0.15) is 100.0 Å². The van der Waals surface area contributed by atoms with Gasteiger partial charge >= 0.3 is 11.9 Å². The van der Waals surface area contributed by atoms with Crippen LogP contribution in [0, 0.1) is 23.7 Å². The zero-order valence-corrected chi connectivity index (χ0v) is 37.5. The van der Waals surface area contributed by atoms with Crippen LogP contribution in [-0.4, -0.2) is 131 Å². The number of ketones is 1. The standard InChI is InChI=1S/C44H67N5O12/c1-12-25(6)36-34(51)22-35(52)61-39(24(4)5)38(53)26(7)40(54)46-31(20-23(2)3)42(56)49-19-13-14-32(49)43(57)48(10)33(21-29-15-17-30(59-11)18-16-29)44(58)60-27(8)37(41(55)47-36)45-28(9)50/h15-18,23-27,31-34,36-37,39,51H,12-14,19-22H2,1-11H3,(H,45,50)(H,46,54)(H,47,55)/t25-,26-,27+,31-,32-,33-,34-,36+,37-,39-/m0/s1. The second-order valence-electron chi connectivity index (χ2n) is 17.2. The van der Waals surface area contributed by atoms with E-state index in [0.29, 0.717) is 24.2 Å². The molecule has 0 bridgehead atoms. The van der Waals surface area contributed by atoms with Gasteiger partial charge in [-0.3, -0.25) is 33.6 Å². The largest absolute Gasteiger partial charge is 0.497 e. The fraction of sp³-hybridized carbons (Fsp3) is 0.682. The number of aliphatic hydroxyl groups is 1. The number of aliphatic hydroxyl groups excluding tert-OH is 1. The summed E-state index contributed by atoms with van der Waals surface area (Å²) in [6.45, 7) is 14.7. The zero-order chi connectivity index (χ0) is 45.9. The Hall–Kier alpha value is -5.06. The molecule has 0 aliphatic carbocycles. The third-order valence-electron chi connectivity index (χ3n) is 11.6. The number of hydrogen-bond acceptors (Lipinski definition) is 12. The molecule has 0 aromatic heterocycles. The third-order valence-corrected chi connectivity index (χ3v) is 11.6. The predicted molar refractivity (Wildman–Crippen MR) is 223 cm³/mol. The molecule has 17 heteroatoms. The van der Waals surface area contributed by atoms with Gasteiger partial charge in [0.05, 0.1) is 31.6 Å². The van der Waals surface area contributed by atoms with E-state index in [1.807, 2.05) is 20.8 Å². The van der Waals surface area contributed by atoms with Gasteiger partial charge in [-0.05, 0) is 68.6 Å². The van der Waals surface area contributed by atoms with Crippen LogP contribution in [-0.2, 0) is 54.3 Å². The van der Waals surface area contributed by atoms with Crippen LogP contribution in [0.25, 0.3) is 0 Å². The minimum atomic E-state index is -1.53. The molecule has 340 valence electrons. The number of likely N-dealkylation sites (N-methyl/N-ethyl adjacent to an activating group) is 1. The van der Waals surface area contributed by atoms with Crippen LogP contribution in [0.15, 0.2) is 24.3 Å². The lowest BCUT2D eigenvalue weighted by molar-refractivity contribution is -0.163. The quantitative estimate of drug-likeness (QED) is 0.207. The van der Waals surface area contributed by atoms with Gasteiger partial charge in [0.15, 0.2) is 11.9 Å². The molecule has 1 aromatic carbocycles. The number of cyclic esters (lactones) is 2. The van der Waals surface area contributed by atoms with Gasteiger partial charge in [-0.15, -0.1) is 0 Å². The molecular formula is C44H67N5O12. The third kappa shape index (κ3) is 13.5. The first-order valence-electron chi connectivity index (χ1n) is 21.3. The highest BCUT2D eigenvalue weighted by Gasteiger charge is 2.44. The lowest BCUT2D eigenvalue weighted by Gasteiger charge is -2.35. The monoisotopic (exact) mass is 857 g/mol. The number of rotatable bonds is 9. The van der Waals surface area contributed by atoms with E-state index < -0.39 is 120 Å². The Labute approximate surface area is 359 Å². The molecule has 0 spiro atoms. The molecule has 17 nitrogen and oxygen atoms in total. The molecule has 5 amide bonds. The van der Waals surface area contributed by atoms with E-state index in [1.165, 1.54) is 44.7 Å². The van der Waals surface area contributed by atoms with Gasteiger partial charge < -0.3 is 45.1 Å². The first-order chi connectivity index (χ1) is 28.6. The number of nitrogens with one attached hydrogen (secondary N) is 3. The maximum absolute atomic E-state index is 14.5. The Morgan fingerprint density at radius 2 is 1.59 bits per heavy atom. The summed E-state index contributed by atoms with van der Waals surface area (Å²) in [5, 5.41) is 19.4. The SMILES string of the molecule is CC[C@H](C)[C@H]1NC(=O)[C@@H](NC(C)=O)[C@@H](C)OC(=O)[C@H](Cc2ccc(OC)cc2)N(C)C(=O)[C@@H]2CCCN2C(=O)[C@H](CC(C)C)NC(=O)[C@@H](C)C(=O)[C@H](C(C)C)OC(=O)C[C@@H]1O. The van der Waals surface area contributed by atoms with Crippen LogP contribution in [0.5, 0.6) is 5.75 Å². The van der Waals surface area contributed by atoms with Gasteiger partial charge in [-0.1, -0.05) is 60.1 Å². The van der Waals surface area contributed by atoms with Crippen molar-refractivity contribution in [3.63, 3.8) is 0 Å². The Kier molecular flexibility index (Phi) is 18.7. The number of benzene rings is 1. The molecule has 2 saturated heterocycles. The number of carbonyl (C=O) groups excluding carboxylic acids is 8. The molecule has 2 aliphatic heterocycles. The summed E-state index contributed by atoms with van der Waals surface area (Å²) in [6.07, 6.45) is -3.56. The molecule has 1 aromatic rings. The van der Waals surface area contributed by atoms with E-state index in [1.54, 1.807) is 45.0 Å². The van der Waals surface area contributed by atoms with E-state index in [-0.39, 0.29) is 31.7 Å². The Balaban J connectivity index is 2.17. The van der Waals surface area contributed by atoms with Gasteiger partial charge in [0.25, 0.3) is 0 Å². The Morgan fingerprint density at radius 1 is 0.951 bits per heavy atom. The van der Waals surface area contributed by atoms with E-state index >= 15 is 0 Å². The number of ether oxygens (including phenoxy) is 3. The summed E-state index contributed by atoms with van der Waals surface area (Å²) in [5.74, 6) is -7.79. The van der Waals surface area contributed by atoms with E-state index in [2.05, 4.69) is 16.0 Å². The van der Waals surface area contributed by atoms with Crippen LogP contribution in [0.2, 0.25) is 0 Å². The fourth-order valence-electron chi connectivity index (χ4n) is 7.69. The van der Waals surface area contributed by atoms with Gasteiger partial charge in [0.2, 0.25) is 29.5 Å². The molecule has 3 rings (SSSR count). The number of amides is 5. The summed E-state index contributed by atoms with van der Waals surface area (Å²) in [7, 11) is 2.94. The summed E-state index contributed by atoms with van der Waals surface area (Å²) < 4.78 is 16.8. The molecule has 2 heterocycles. The predicted octanol–water partition coefficient (Wildman–Crippen LogP) is 2.09. The number of hydrogen-bond donors (Lipinski definition) is 4. The number of esters is 2. The molecule has 0 unspecified atom stereocenters. The van der Waals surface area contributed by atoms with Crippen LogP contribution in [0.3, 0.4) is 0 Å². The van der Waals surface area contributed by atoms with Gasteiger partial charge in [0.1, 0.15) is 36.0 Å². The van der Waals surface area contributed by atoms with Crippen molar-refractivity contribution in [3.8, 4) is 5.75 Å². The number of carbonyl (C=O) groups is 8. The maximum Gasteiger partial charge on any atom is 0.329 e. The molecule has 4 N–H and O–H groups in total. The summed E-state index contributed by atoms with van der Waals surface area (Å²) in [4.78, 5) is 113. The minimum Gasteiger partial charge on any atom is -0.497 e. The molecule has 0 radical (unpaired) electrons. The first kappa shape index (κ1) is 50.3. The second kappa shape index (κ2) is 22.7. The molecule has 10 atom stereocenters. The Bertz CT molecular complexity index is 1730. The normalized spacial score (nSPS) is 28.8. The van der Waals surface area contributed by atoms with Crippen molar-refractivity contribution in [2.75, 3.05) is 20.7 Å². The van der Waals surface area contributed by atoms with Crippen molar-refractivity contribution in [2.45, 2.75) is 149 Å². The van der Waals surface area contributed by atoms with Gasteiger partial charge in [-0.25, -0.2) is 4.79 Å². The van der Waals surface area contributed by atoms with Crippen LogP contribution >= 0.6 is 0 Å². The van der Waals surface area contributed by atoms with E-state index in [4.69, 9.17) is 14.2 Å². The number of nitrogens with zero attached hydrogens (tertiary/aromatic N) is 2. The highest BCUT2D eigenvalue weighted by molar-refractivity contribution is 6.05. The molecule has 61 heavy (non-hydrogen) atoms.